The lowest BCUT2D eigenvalue weighted by molar-refractivity contribution is -0.121. The molecule has 1 N–H and O–H groups in total. The molecule has 2 aromatic rings. The molecule has 0 saturated heterocycles. The van der Waals surface area contributed by atoms with Gasteiger partial charge >= 0.3 is 0 Å². The number of nitrogens with one attached hydrogen (secondary N) is 1. The number of nitrogens with zero attached hydrogens (tertiary/aromatic N) is 3. The molecule has 1 aliphatic rings. The van der Waals surface area contributed by atoms with Gasteiger partial charge < -0.3 is 5.32 Å². The number of hydrogen-bond donors (Lipinski definition) is 1. The van der Waals surface area contributed by atoms with Crippen molar-refractivity contribution in [1.29, 1.82) is 0 Å². The maximum Gasteiger partial charge on any atom is 0.224 e. The minimum absolute atomic E-state index is 0.0906. The van der Waals surface area contributed by atoms with E-state index < -0.39 is 0 Å². The van der Waals surface area contributed by atoms with Crippen molar-refractivity contribution in [2.75, 3.05) is 0 Å². The Kier molecular flexibility index (Phi) is 3.73. The van der Waals surface area contributed by atoms with Gasteiger partial charge in [-0.05, 0) is 30.9 Å². The number of rotatable bonds is 3. The van der Waals surface area contributed by atoms with Gasteiger partial charge in [0.25, 0.3) is 0 Å². The largest absolute Gasteiger partial charge is 0.353 e. The predicted octanol–water partition coefficient (Wildman–Crippen LogP) is 1.34. The van der Waals surface area contributed by atoms with Crippen LogP contribution in [-0.2, 0) is 31.1 Å². The smallest absolute Gasteiger partial charge is 0.224 e. The van der Waals surface area contributed by atoms with E-state index in [4.69, 9.17) is 0 Å². The lowest BCUT2D eigenvalue weighted by Gasteiger charge is -2.23. The fraction of sp³-hybridized carbons (Fsp3) is 0.438. The van der Waals surface area contributed by atoms with Crippen LogP contribution in [0.5, 0.6) is 0 Å². The SMILES string of the molecule is Cc1ccccc1CC(=O)NC1CCc2nnn(C)c2C1. The van der Waals surface area contributed by atoms with E-state index >= 15 is 0 Å². The number of hydrogen-bond acceptors (Lipinski definition) is 3. The number of aromatic nitrogens is 3. The lowest BCUT2D eigenvalue weighted by Crippen LogP contribution is -2.40. The van der Waals surface area contributed by atoms with Crippen molar-refractivity contribution in [2.24, 2.45) is 7.05 Å². The molecule has 0 spiro atoms. The molecule has 1 heterocycles. The number of aryl methyl sites for hydroxylation is 3. The van der Waals surface area contributed by atoms with Crippen LogP contribution >= 0.6 is 0 Å². The molecule has 1 atom stereocenters. The number of amides is 1. The average molecular weight is 284 g/mol. The second kappa shape index (κ2) is 5.68. The first-order chi connectivity index (χ1) is 10.1. The number of fused-ring (bicyclic) bond motifs is 1. The van der Waals surface area contributed by atoms with Gasteiger partial charge in [-0.25, -0.2) is 0 Å². The third kappa shape index (κ3) is 2.96. The summed E-state index contributed by atoms with van der Waals surface area (Å²) in [6.07, 6.45) is 3.09. The number of carbonyl (C=O) groups is 1. The van der Waals surface area contributed by atoms with Crippen LogP contribution in [0.3, 0.4) is 0 Å². The van der Waals surface area contributed by atoms with Crippen molar-refractivity contribution < 1.29 is 4.79 Å². The van der Waals surface area contributed by atoms with Crippen LogP contribution in [-0.4, -0.2) is 26.9 Å². The van der Waals surface area contributed by atoms with Crippen LogP contribution < -0.4 is 5.32 Å². The minimum Gasteiger partial charge on any atom is -0.353 e. The van der Waals surface area contributed by atoms with Crippen LogP contribution in [0.15, 0.2) is 24.3 Å². The third-order valence-electron chi connectivity index (χ3n) is 4.17. The van der Waals surface area contributed by atoms with Gasteiger partial charge in [-0.1, -0.05) is 29.5 Å². The first kappa shape index (κ1) is 13.8. The van der Waals surface area contributed by atoms with Gasteiger partial charge in [-0.2, -0.15) is 0 Å². The second-order valence-electron chi connectivity index (χ2n) is 5.72. The van der Waals surface area contributed by atoms with Crippen molar-refractivity contribution in [2.45, 2.75) is 38.6 Å². The summed E-state index contributed by atoms with van der Waals surface area (Å²) in [5, 5.41) is 11.3. The molecule has 5 nitrogen and oxygen atoms in total. The van der Waals surface area contributed by atoms with E-state index in [0.717, 1.165) is 41.8 Å². The van der Waals surface area contributed by atoms with E-state index in [2.05, 4.69) is 15.6 Å². The summed E-state index contributed by atoms with van der Waals surface area (Å²) in [7, 11) is 1.91. The molecule has 1 aliphatic carbocycles. The van der Waals surface area contributed by atoms with Gasteiger partial charge in [0.15, 0.2) is 0 Å². The monoisotopic (exact) mass is 284 g/mol. The quantitative estimate of drug-likeness (QED) is 0.925. The summed E-state index contributed by atoms with van der Waals surface area (Å²) in [6, 6.07) is 8.21. The van der Waals surface area contributed by atoms with Gasteiger partial charge in [0.1, 0.15) is 0 Å². The highest BCUT2D eigenvalue weighted by atomic mass is 16.1. The zero-order valence-electron chi connectivity index (χ0n) is 12.5. The van der Waals surface area contributed by atoms with Gasteiger partial charge in [0.05, 0.1) is 17.8 Å². The van der Waals surface area contributed by atoms with Crippen molar-refractivity contribution in [3.8, 4) is 0 Å². The van der Waals surface area contributed by atoms with Crippen LogP contribution in [0, 0.1) is 6.92 Å². The standard InChI is InChI=1S/C16H20N4O/c1-11-5-3-4-6-12(11)9-16(21)17-13-7-8-14-15(10-13)20(2)19-18-14/h3-6,13H,7-10H2,1-2H3,(H,17,21). The summed E-state index contributed by atoms with van der Waals surface area (Å²) < 4.78 is 1.81. The van der Waals surface area contributed by atoms with Crippen molar-refractivity contribution in [3.63, 3.8) is 0 Å². The molecule has 110 valence electrons. The summed E-state index contributed by atoms with van der Waals surface area (Å²) in [5.74, 6) is 0.0906. The molecule has 0 saturated carbocycles. The summed E-state index contributed by atoms with van der Waals surface area (Å²) in [4.78, 5) is 12.2. The van der Waals surface area contributed by atoms with Crippen LogP contribution in [0.25, 0.3) is 0 Å². The molecule has 1 aromatic heterocycles. The van der Waals surface area contributed by atoms with Gasteiger partial charge in [0.2, 0.25) is 5.91 Å². The molecule has 5 heteroatoms. The van der Waals surface area contributed by atoms with Crippen molar-refractivity contribution in [1.82, 2.24) is 20.3 Å². The lowest BCUT2D eigenvalue weighted by atomic mass is 9.95. The Labute approximate surface area is 124 Å². The summed E-state index contributed by atoms with van der Waals surface area (Å²) >= 11 is 0. The van der Waals surface area contributed by atoms with E-state index in [1.165, 1.54) is 0 Å². The van der Waals surface area contributed by atoms with Crippen molar-refractivity contribution >= 4 is 5.91 Å². The van der Waals surface area contributed by atoms with Gasteiger partial charge in [-0.15, -0.1) is 5.10 Å². The van der Waals surface area contributed by atoms with E-state index in [0.29, 0.717) is 6.42 Å². The van der Waals surface area contributed by atoms with Gasteiger partial charge in [0, 0.05) is 19.5 Å². The van der Waals surface area contributed by atoms with E-state index in [9.17, 15) is 4.79 Å². The van der Waals surface area contributed by atoms with E-state index in [-0.39, 0.29) is 11.9 Å². The second-order valence-corrected chi connectivity index (χ2v) is 5.72. The van der Waals surface area contributed by atoms with E-state index in [1.807, 2.05) is 42.9 Å². The fourth-order valence-corrected chi connectivity index (χ4v) is 2.89. The molecule has 21 heavy (non-hydrogen) atoms. The highest BCUT2D eigenvalue weighted by Crippen LogP contribution is 2.18. The Bertz CT molecular complexity index is 662. The molecule has 0 radical (unpaired) electrons. The van der Waals surface area contributed by atoms with Crippen molar-refractivity contribution in [3.05, 3.63) is 46.8 Å². The normalized spacial score (nSPS) is 17.3. The van der Waals surface area contributed by atoms with Crippen LogP contribution in [0.1, 0.15) is 28.9 Å². The Morgan fingerprint density at radius 1 is 1.43 bits per heavy atom. The third-order valence-corrected chi connectivity index (χ3v) is 4.17. The zero-order valence-corrected chi connectivity index (χ0v) is 12.5. The molecule has 3 rings (SSSR count). The first-order valence-electron chi connectivity index (χ1n) is 7.35. The Balaban J connectivity index is 1.62. The first-order valence-corrected chi connectivity index (χ1v) is 7.35. The average Bonchev–Trinajstić information content (AvgIpc) is 2.83. The zero-order chi connectivity index (χ0) is 14.8. The molecule has 1 amide bonds. The Morgan fingerprint density at radius 2 is 2.24 bits per heavy atom. The number of benzene rings is 1. The highest BCUT2D eigenvalue weighted by Gasteiger charge is 2.24. The maximum absolute atomic E-state index is 12.2. The Hall–Kier alpha value is -2.17. The molecular weight excluding hydrogens is 264 g/mol. The summed E-state index contributed by atoms with van der Waals surface area (Å²) in [5.41, 5.74) is 4.47. The minimum atomic E-state index is 0.0906. The summed E-state index contributed by atoms with van der Waals surface area (Å²) in [6.45, 7) is 2.04. The molecule has 0 aliphatic heterocycles. The van der Waals surface area contributed by atoms with Gasteiger partial charge in [-0.3, -0.25) is 9.48 Å². The molecule has 0 bridgehead atoms. The molecule has 1 unspecified atom stereocenters. The topological polar surface area (TPSA) is 59.8 Å². The Morgan fingerprint density at radius 3 is 3.05 bits per heavy atom. The molecule has 0 fully saturated rings. The molecule has 1 aromatic carbocycles. The van der Waals surface area contributed by atoms with E-state index in [1.54, 1.807) is 0 Å². The molecular formula is C16H20N4O. The van der Waals surface area contributed by atoms with Crippen LogP contribution in [0.4, 0.5) is 0 Å². The fourth-order valence-electron chi connectivity index (χ4n) is 2.89. The predicted molar refractivity (Wildman–Crippen MR) is 79.8 cm³/mol. The number of carbonyl (C=O) groups excluding carboxylic acids is 1. The maximum atomic E-state index is 12.2. The van der Waals surface area contributed by atoms with Crippen LogP contribution in [0.2, 0.25) is 0 Å². The highest BCUT2D eigenvalue weighted by molar-refractivity contribution is 5.79.